The Kier molecular flexibility index (Phi) is 38.8. The van der Waals surface area contributed by atoms with E-state index in [-0.39, 0.29) is 0 Å². The zero-order valence-corrected chi connectivity index (χ0v) is 14.5. The lowest BCUT2D eigenvalue weighted by atomic mass is 10.4. The summed E-state index contributed by atoms with van der Waals surface area (Å²) in [5.74, 6) is 0. The normalized spacial score (nSPS) is 15.7. The summed E-state index contributed by atoms with van der Waals surface area (Å²) in [7, 11) is 0. The molecule has 2 fully saturated rings. The molecule has 0 heterocycles. The van der Waals surface area contributed by atoms with Crippen molar-refractivity contribution in [3.63, 3.8) is 0 Å². The highest BCUT2D eigenvalue weighted by Gasteiger charge is 1.95. The highest BCUT2D eigenvalue weighted by Crippen LogP contribution is 2.15. The van der Waals surface area contributed by atoms with Crippen LogP contribution >= 0.6 is 0 Å². The highest BCUT2D eigenvalue weighted by atomic mass is 14.0. The second-order valence-corrected chi connectivity index (χ2v) is 4.95. The Morgan fingerprint density at radius 1 is 0.389 bits per heavy atom. The van der Waals surface area contributed by atoms with Crippen molar-refractivity contribution in [1.29, 1.82) is 0 Å². The maximum absolute atomic E-state index is 2.12. The minimum atomic E-state index is 1.25. The van der Waals surface area contributed by atoms with Gasteiger partial charge in [0.15, 0.2) is 0 Å². The molecule has 0 atom stereocenters. The monoisotopic (exact) mass is 258 g/mol. The van der Waals surface area contributed by atoms with Gasteiger partial charge in [0.2, 0.25) is 0 Å². The van der Waals surface area contributed by atoms with Crippen LogP contribution in [0.3, 0.4) is 0 Å². The van der Waals surface area contributed by atoms with Crippen LogP contribution in [0.2, 0.25) is 0 Å². The van der Waals surface area contributed by atoms with Gasteiger partial charge in [-0.15, -0.1) is 0 Å². The van der Waals surface area contributed by atoms with E-state index in [1.54, 1.807) is 0 Å². The standard InChI is InChI=1S/2C5H10.2C3H8.C2H6/c2*1-2-4-5-3-1;2*1-3-2;1-2/h2*1-5H2;2*3H2,1-2H3;1-2H3. The van der Waals surface area contributed by atoms with Gasteiger partial charge in [0.25, 0.3) is 0 Å². The van der Waals surface area contributed by atoms with Crippen molar-refractivity contribution in [1.82, 2.24) is 0 Å². The van der Waals surface area contributed by atoms with Gasteiger partial charge in [0.05, 0.1) is 0 Å². The summed E-state index contributed by atoms with van der Waals surface area (Å²) >= 11 is 0. The third-order valence-corrected chi connectivity index (χ3v) is 2.50. The fraction of sp³-hybridized carbons (Fsp3) is 1.00. The molecule has 2 aliphatic carbocycles. The van der Waals surface area contributed by atoms with Gasteiger partial charge in [0, 0.05) is 0 Å². The lowest BCUT2D eigenvalue weighted by molar-refractivity contribution is 0.886. The lowest BCUT2D eigenvalue weighted by Gasteiger charge is -1.67. The van der Waals surface area contributed by atoms with Crippen LogP contribution in [0.15, 0.2) is 0 Å². The van der Waals surface area contributed by atoms with E-state index in [4.69, 9.17) is 0 Å². The first kappa shape index (κ1) is 23.1. The zero-order valence-electron chi connectivity index (χ0n) is 14.5. The number of hydrogen-bond acceptors (Lipinski definition) is 0. The molecule has 0 aromatic rings. The van der Waals surface area contributed by atoms with Gasteiger partial charge >= 0.3 is 0 Å². The molecular formula is C18H42. The molecule has 0 spiro atoms. The Bertz CT molecular complexity index is 50.8. The van der Waals surface area contributed by atoms with Crippen molar-refractivity contribution < 1.29 is 0 Å². The molecule has 0 amide bonds. The number of rotatable bonds is 0. The fourth-order valence-corrected chi connectivity index (χ4v) is 1.77. The molecule has 2 aliphatic rings. The molecule has 0 heteroatoms. The third-order valence-electron chi connectivity index (χ3n) is 2.50. The highest BCUT2D eigenvalue weighted by molar-refractivity contribution is 4.51. The minimum absolute atomic E-state index is 1.25. The first-order chi connectivity index (χ1) is 8.83. The topological polar surface area (TPSA) is 0 Å². The summed E-state index contributed by atoms with van der Waals surface area (Å²) in [5.41, 5.74) is 0. The SMILES string of the molecule is C1CCCC1.C1CCCC1.CC.CCC.CCC. The van der Waals surface area contributed by atoms with Crippen LogP contribution in [0, 0.1) is 0 Å². The van der Waals surface area contributed by atoms with Gasteiger partial charge in [0.1, 0.15) is 0 Å². The third kappa shape index (κ3) is 36.0. The zero-order chi connectivity index (χ0) is 14.5. The summed E-state index contributed by atoms with van der Waals surface area (Å²) in [6, 6.07) is 0. The predicted molar refractivity (Wildman–Crippen MR) is 89.4 cm³/mol. The molecule has 0 aromatic carbocycles. The van der Waals surface area contributed by atoms with Crippen LogP contribution < -0.4 is 0 Å². The average molecular weight is 259 g/mol. The van der Waals surface area contributed by atoms with E-state index in [1.807, 2.05) is 13.8 Å². The van der Waals surface area contributed by atoms with E-state index in [1.165, 1.54) is 77.0 Å². The maximum Gasteiger partial charge on any atom is -0.0533 e. The molecule has 18 heavy (non-hydrogen) atoms. The quantitative estimate of drug-likeness (QED) is 0.416. The van der Waals surface area contributed by atoms with Crippen molar-refractivity contribution in [2.45, 2.75) is 119 Å². The predicted octanol–water partition coefficient (Wildman–Crippen LogP) is 7.76. The van der Waals surface area contributed by atoms with E-state index < -0.39 is 0 Å². The van der Waals surface area contributed by atoms with Crippen molar-refractivity contribution in [2.24, 2.45) is 0 Å². The van der Waals surface area contributed by atoms with E-state index in [9.17, 15) is 0 Å². The molecular weight excluding hydrogens is 216 g/mol. The second kappa shape index (κ2) is 30.2. The molecule has 2 saturated carbocycles. The summed E-state index contributed by atoms with van der Waals surface area (Å²) in [6.45, 7) is 12.5. The fourth-order valence-electron chi connectivity index (χ4n) is 1.77. The Balaban J connectivity index is -0.000000165. The van der Waals surface area contributed by atoms with Crippen molar-refractivity contribution in [2.75, 3.05) is 0 Å². The van der Waals surface area contributed by atoms with Crippen LogP contribution in [0.25, 0.3) is 0 Å². The molecule has 0 unspecified atom stereocenters. The van der Waals surface area contributed by atoms with Crippen LogP contribution in [-0.4, -0.2) is 0 Å². The van der Waals surface area contributed by atoms with Crippen LogP contribution in [0.4, 0.5) is 0 Å². The smallest absolute Gasteiger partial charge is 0.0533 e. The van der Waals surface area contributed by atoms with Gasteiger partial charge in [-0.25, -0.2) is 0 Å². The molecule has 0 aromatic heterocycles. The molecule has 0 saturated heterocycles. The summed E-state index contributed by atoms with van der Waals surface area (Å²) in [4.78, 5) is 0. The van der Waals surface area contributed by atoms with Crippen LogP contribution in [-0.2, 0) is 0 Å². The first-order valence-corrected chi connectivity index (χ1v) is 8.83. The Labute approximate surface area is 119 Å². The Hall–Kier alpha value is 0. The number of hydrogen-bond donors (Lipinski definition) is 0. The average Bonchev–Trinajstić information content (AvgIpc) is 3.12. The van der Waals surface area contributed by atoms with E-state index in [0.717, 1.165) is 0 Å². The van der Waals surface area contributed by atoms with Crippen LogP contribution in [0.1, 0.15) is 119 Å². The van der Waals surface area contributed by atoms with Gasteiger partial charge in [-0.2, -0.15) is 0 Å². The lowest BCUT2D eigenvalue weighted by Crippen LogP contribution is -1.47. The molecule has 0 aliphatic heterocycles. The maximum atomic E-state index is 2.12. The second-order valence-electron chi connectivity index (χ2n) is 4.95. The van der Waals surface area contributed by atoms with Crippen molar-refractivity contribution in [3.05, 3.63) is 0 Å². The Morgan fingerprint density at radius 3 is 0.500 bits per heavy atom. The van der Waals surface area contributed by atoms with Crippen LogP contribution in [0.5, 0.6) is 0 Å². The van der Waals surface area contributed by atoms with E-state index >= 15 is 0 Å². The van der Waals surface area contributed by atoms with Gasteiger partial charge < -0.3 is 0 Å². The Morgan fingerprint density at radius 2 is 0.444 bits per heavy atom. The minimum Gasteiger partial charge on any atom is -0.0683 e. The molecule has 0 radical (unpaired) electrons. The molecule has 0 N–H and O–H groups in total. The summed E-state index contributed by atoms with van der Waals surface area (Å²) in [5, 5.41) is 0. The van der Waals surface area contributed by atoms with Gasteiger partial charge in [-0.05, 0) is 0 Å². The summed E-state index contributed by atoms with van der Waals surface area (Å²) < 4.78 is 0. The summed E-state index contributed by atoms with van der Waals surface area (Å²) in [6.07, 6.45) is 17.5. The molecule has 0 bridgehead atoms. The van der Waals surface area contributed by atoms with Crippen molar-refractivity contribution in [3.8, 4) is 0 Å². The first-order valence-electron chi connectivity index (χ1n) is 8.83. The largest absolute Gasteiger partial charge is 0.0683 e. The van der Waals surface area contributed by atoms with Crippen molar-refractivity contribution >= 4 is 0 Å². The van der Waals surface area contributed by atoms with E-state index in [0.29, 0.717) is 0 Å². The molecule has 0 nitrogen and oxygen atoms in total. The molecule has 2 rings (SSSR count). The van der Waals surface area contributed by atoms with Gasteiger partial charge in [-0.3, -0.25) is 0 Å². The molecule has 114 valence electrons. The van der Waals surface area contributed by atoms with Gasteiger partial charge in [-0.1, -0.05) is 119 Å². The van der Waals surface area contributed by atoms with E-state index in [2.05, 4.69) is 27.7 Å².